The molecule has 0 spiro atoms. The molecule has 0 radical (unpaired) electrons. The van der Waals surface area contributed by atoms with E-state index in [1.54, 1.807) is 11.3 Å². The predicted molar refractivity (Wildman–Crippen MR) is 82.7 cm³/mol. The highest BCUT2D eigenvalue weighted by Gasteiger charge is 2.12. The molecule has 1 aromatic carbocycles. The average molecular weight is 285 g/mol. The van der Waals surface area contributed by atoms with Crippen LogP contribution in [0, 0.1) is 32.1 Å². The van der Waals surface area contributed by atoms with Crippen LogP contribution >= 0.6 is 11.3 Å². The Labute approximate surface area is 124 Å². The third-order valence-electron chi connectivity index (χ3n) is 3.40. The fraction of sp³-hybridized carbons (Fsp3) is 0.375. The number of hydrogen-bond acceptors (Lipinski definition) is 4. The number of aryl methyl sites for hydroxylation is 3. The van der Waals surface area contributed by atoms with Gasteiger partial charge < -0.3 is 5.32 Å². The molecule has 104 valence electrons. The minimum atomic E-state index is 0.288. The first-order chi connectivity index (χ1) is 9.51. The van der Waals surface area contributed by atoms with E-state index < -0.39 is 0 Å². The summed E-state index contributed by atoms with van der Waals surface area (Å²) in [5.74, 6) is 0. The molecule has 1 aromatic heterocycles. The lowest BCUT2D eigenvalue weighted by Gasteiger charge is -2.14. The summed E-state index contributed by atoms with van der Waals surface area (Å²) >= 11 is 1.75. The van der Waals surface area contributed by atoms with Gasteiger partial charge in [0.05, 0.1) is 22.3 Å². The van der Waals surface area contributed by atoms with Gasteiger partial charge in [-0.05, 0) is 51.0 Å². The van der Waals surface area contributed by atoms with Crippen LogP contribution in [-0.2, 0) is 6.54 Å². The van der Waals surface area contributed by atoms with Gasteiger partial charge >= 0.3 is 0 Å². The summed E-state index contributed by atoms with van der Waals surface area (Å²) in [6.45, 7) is 9.11. The fourth-order valence-corrected chi connectivity index (χ4v) is 3.22. The van der Waals surface area contributed by atoms with Crippen molar-refractivity contribution in [2.45, 2.75) is 40.3 Å². The summed E-state index contributed by atoms with van der Waals surface area (Å²) in [6.07, 6.45) is 0. The minimum absolute atomic E-state index is 0.288. The molecule has 4 heteroatoms. The maximum absolute atomic E-state index is 8.88. The summed E-state index contributed by atoms with van der Waals surface area (Å²) in [4.78, 5) is 5.77. The van der Waals surface area contributed by atoms with E-state index in [9.17, 15) is 0 Å². The van der Waals surface area contributed by atoms with E-state index in [1.807, 2.05) is 32.0 Å². The zero-order valence-electron chi connectivity index (χ0n) is 12.3. The maximum atomic E-state index is 8.88. The molecule has 1 unspecified atom stereocenters. The normalized spacial score (nSPS) is 12.2. The maximum Gasteiger partial charge on any atom is 0.0991 e. The van der Waals surface area contributed by atoms with E-state index in [1.165, 1.54) is 10.4 Å². The monoisotopic (exact) mass is 285 g/mol. The van der Waals surface area contributed by atoms with Gasteiger partial charge in [-0.15, -0.1) is 11.3 Å². The number of hydrogen-bond donors (Lipinski definition) is 1. The number of aromatic nitrogens is 1. The number of thiazole rings is 1. The van der Waals surface area contributed by atoms with E-state index in [0.717, 1.165) is 22.8 Å². The van der Waals surface area contributed by atoms with Gasteiger partial charge in [-0.2, -0.15) is 5.26 Å². The molecule has 1 N–H and O–H groups in total. The zero-order chi connectivity index (χ0) is 14.7. The van der Waals surface area contributed by atoms with Crippen LogP contribution in [0.5, 0.6) is 0 Å². The lowest BCUT2D eigenvalue weighted by molar-refractivity contribution is 0.578. The van der Waals surface area contributed by atoms with Crippen LogP contribution in [0.2, 0.25) is 0 Å². The molecule has 2 aromatic rings. The topological polar surface area (TPSA) is 48.7 Å². The molecular weight excluding hydrogens is 266 g/mol. The second kappa shape index (κ2) is 6.17. The minimum Gasteiger partial charge on any atom is -0.305 e. The first-order valence-electron chi connectivity index (χ1n) is 6.68. The summed E-state index contributed by atoms with van der Waals surface area (Å²) in [7, 11) is 0. The molecule has 3 nitrogen and oxygen atoms in total. The second-order valence-corrected chi connectivity index (χ2v) is 6.27. The molecule has 0 aliphatic carbocycles. The van der Waals surface area contributed by atoms with Gasteiger partial charge in [0.25, 0.3) is 0 Å². The Balaban J connectivity index is 2.05. The average Bonchev–Trinajstić information content (AvgIpc) is 2.76. The van der Waals surface area contributed by atoms with Crippen molar-refractivity contribution in [1.82, 2.24) is 10.3 Å². The summed E-state index contributed by atoms with van der Waals surface area (Å²) in [5.41, 5.74) is 4.22. The molecule has 20 heavy (non-hydrogen) atoms. The molecule has 0 saturated heterocycles. The second-order valence-electron chi connectivity index (χ2n) is 5.04. The van der Waals surface area contributed by atoms with Crippen LogP contribution in [0.1, 0.15) is 45.2 Å². The Bertz CT molecular complexity index is 652. The number of nitrogens with zero attached hydrogens (tertiary/aromatic N) is 2. The van der Waals surface area contributed by atoms with E-state index in [-0.39, 0.29) is 6.04 Å². The first-order valence-corrected chi connectivity index (χ1v) is 7.50. The predicted octanol–water partition coefficient (Wildman–Crippen LogP) is 3.79. The van der Waals surface area contributed by atoms with Crippen molar-refractivity contribution >= 4 is 11.3 Å². The molecule has 0 aliphatic heterocycles. The van der Waals surface area contributed by atoms with Crippen molar-refractivity contribution in [3.8, 4) is 6.07 Å². The molecule has 0 aliphatic rings. The van der Waals surface area contributed by atoms with Gasteiger partial charge in [0.15, 0.2) is 0 Å². The smallest absolute Gasteiger partial charge is 0.0991 e. The summed E-state index contributed by atoms with van der Waals surface area (Å²) in [6, 6.07) is 8.29. The third-order valence-corrected chi connectivity index (χ3v) is 4.66. The van der Waals surface area contributed by atoms with Crippen LogP contribution in [-0.4, -0.2) is 4.98 Å². The van der Waals surface area contributed by atoms with Crippen molar-refractivity contribution in [1.29, 1.82) is 5.26 Å². The van der Waals surface area contributed by atoms with Gasteiger partial charge in [-0.1, -0.05) is 6.07 Å². The summed E-state index contributed by atoms with van der Waals surface area (Å²) in [5, 5.41) is 13.5. The van der Waals surface area contributed by atoms with E-state index in [2.05, 4.69) is 30.2 Å². The van der Waals surface area contributed by atoms with Crippen molar-refractivity contribution in [2.75, 3.05) is 0 Å². The van der Waals surface area contributed by atoms with Gasteiger partial charge in [-0.25, -0.2) is 4.98 Å². The van der Waals surface area contributed by atoms with Gasteiger partial charge in [0.1, 0.15) is 0 Å². The number of nitrogens with one attached hydrogen (secondary N) is 1. The summed E-state index contributed by atoms with van der Waals surface area (Å²) < 4.78 is 0. The van der Waals surface area contributed by atoms with Crippen molar-refractivity contribution < 1.29 is 0 Å². The Morgan fingerprint density at radius 2 is 2.10 bits per heavy atom. The highest BCUT2D eigenvalue weighted by atomic mass is 32.1. The molecule has 0 bridgehead atoms. The Morgan fingerprint density at radius 1 is 1.35 bits per heavy atom. The molecule has 1 heterocycles. The van der Waals surface area contributed by atoms with Crippen molar-refractivity contribution in [2.24, 2.45) is 0 Å². The van der Waals surface area contributed by atoms with Crippen molar-refractivity contribution in [3.05, 3.63) is 50.5 Å². The number of rotatable bonds is 4. The van der Waals surface area contributed by atoms with Crippen LogP contribution in [0.15, 0.2) is 18.2 Å². The van der Waals surface area contributed by atoms with Crippen LogP contribution in [0.4, 0.5) is 0 Å². The Kier molecular flexibility index (Phi) is 4.53. The van der Waals surface area contributed by atoms with E-state index >= 15 is 0 Å². The SMILES string of the molecule is Cc1nc(C)c(C(C)NCc2ccc(C#N)cc2C)s1. The molecule has 2 rings (SSSR count). The van der Waals surface area contributed by atoms with Crippen LogP contribution < -0.4 is 5.32 Å². The molecule has 0 amide bonds. The van der Waals surface area contributed by atoms with Crippen LogP contribution in [0.25, 0.3) is 0 Å². The Morgan fingerprint density at radius 3 is 2.65 bits per heavy atom. The van der Waals surface area contributed by atoms with Gasteiger partial charge in [0.2, 0.25) is 0 Å². The lowest BCUT2D eigenvalue weighted by atomic mass is 10.1. The highest BCUT2D eigenvalue weighted by molar-refractivity contribution is 7.11. The number of nitriles is 1. The lowest BCUT2D eigenvalue weighted by Crippen LogP contribution is -2.18. The molecule has 1 atom stereocenters. The van der Waals surface area contributed by atoms with Crippen LogP contribution in [0.3, 0.4) is 0 Å². The fourth-order valence-electron chi connectivity index (χ4n) is 2.27. The highest BCUT2D eigenvalue weighted by Crippen LogP contribution is 2.24. The largest absolute Gasteiger partial charge is 0.305 e. The quantitative estimate of drug-likeness (QED) is 0.929. The third kappa shape index (κ3) is 3.24. The number of benzene rings is 1. The molecule has 0 saturated carbocycles. The van der Waals surface area contributed by atoms with Crippen molar-refractivity contribution in [3.63, 3.8) is 0 Å². The van der Waals surface area contributed by atoms with E-state index in [4.69, 9.17) is 5.26 Å². The van der Waals surface area contributed by atoms with Gasteiger partial charge in [0, 0.05) is 17.5 Å². The molecule has 0 fully saturated rings. The molecular formula is C16H19N3S. The standard InChI is InChI=1S/C16H19N3S/c1-10-7-14(8-17)5-6-15(10)9-18-11(2)16-12(3)19-13(4)20-16/h5-7,11,18H,9H2,1-4H3. The zero-order valence-corrected chi connectivity index (χ0v) is 13.1. The Hall–Kier alpha value is -1.70. The first kappa shape index (κ1) is 14.7. The van der Waals surface area contributed by atoms with Gasteiger partial charge in [-0.3, -0.25) is 0 Å². The van der Waals surface area contributed by atoms with E-state index in [0.29, 0.717) is 5.56 Å².